The van der Waals surface area contributed by atoms with E-state index in [1.807, 2.05) is 13.8 Å². The molecular formula is C17H24N2O3S. The van der Waals surface area contributed by atoms with Crippen LogP contribution in [0.1, 0.15) is 45.6 Å². The van der Waals surface area contributed by atoms with E-state index in [0.29, 0.717) is 17.9 Å². The number of carbonyl (C=O) groups excluding carboxylic acids is 1. The maximum atomic E-state index is 12.9. The van der Waals surface area contributed by atoms with E-state index < -0.39 is 10.0 Å². The summed E-state index contributed by atoms with van der Waals surface area (Å²) in [5, 5.41) is 0. The summed E-state index contributed by atoms with van der Waals surface area (Å²) < 4.78 is 27.5. The van der Waals surface area contributed by atoms with Crippen LogP contribution in [0.3, 0.4) is 0 Å². The van der Waals surface area contributed by atoms with Gasteiger partial charge >= 0.3 is 0 Å². The molecule has 0 saturated carbocycles. The first-order valence-corrected chi connectivity index (χ1v) is 9.71. The molecule has 0 unspecified atom stereocenters. The molecule has 0 aliphatic carbocycles. The number of piperidine rings is 1. The van der Waals surface area contributed by atoms with Gasteiger partial charge in [-0.05, 0) is 56.9 Å². The Hall–Kier alpha value is -1.40. The lowest BCUT2D eigenvalue weighted by Gasteiger charge is -2.32. The Bertz CT molecular complexity index is 729. The molecule has 1 aromatic rings. The van der Waals surface area contributed by atoms with Gasteiger partial charge in [-0.3, -0.25) is 4.79 Å². The molecule has 0 aromatic heterocycles. The van der Waals surface area contributed by atoms with Crippen molar-refractivity contribution in [2.75, 3.05) is 11.4 Å². The van der Waals surface area contributed by atoms with Crippen LogP contribution in [0, 0.1) is 0 Å². The zero-order valence-corrected chi connectivity index (χ0v) is 14.8. The normalized spacial score (nSPS) is 25.4. The van der Waals surface area contributed by atoms with Crippen LogP contribution in [0.25, 0.3) is 0 Å². The fourth-order valence-corrected chi connectivity index (χ4v) is 5.56. The van der Waals surface area contributed by atoms with Gasteiger partial charge in [-0.25, -0.2) is 8.42 Å². The largest absolute Gasteiger partial charge is 0.309 e. The summed E-state index contributed by atoms with van der Waals surface area (Å²) in [6.07, 6.45) is 3.62. The van der Waals surface area contributed by atoms with Gasteiger partial charge in [-0.1, -0.05) is 6.42 Å². The molecule has 2 aliphatic rings. The second-order valence-electron chi connectivity index (χ2n) is 6.69. The molecule has 3 rings (SSSR count). The monoisotopic (exact) mass is 336 g/mol. The van der Waals surface area contributed by atoms with Crippen molar-refractivity contribution in [3.05, 3.63) is 23.8 Å². The SMILES string of the molecule is CC(=O)N1c2ccc(S(=O)(=O)N3CCCC[C@H]3C)cc2C[C@H]1C. The van der Waals surface area contributed by atoms with E-state index in [1.54, 1.807) is 34.3 Å². The van der Waals surface area contributed by atoms with Crippen molar-refractivity contribution >= 4 is 21.6 Å². The molecule has 23 heavy (non-hydrogen) atoms. The van der Waals surface area contributed by atoms with Crippen LogP contribution in [-0.4, -0.2) is 37.3 Å². The number of carbonyl (C=O) groups is 1. The first kappa shape index (κ1) is 16.5. The van der Waals surface area contributed by atoms with Crippen LogP contribution < -0.4 is 4.90 Å². The summed E-state index contributed by atoms with van der Waals surface area (Å²) in [5.74, 6) is -0.00323. The molecule has 5 nitrogen and oxygen atoms in total. The van der Waals surface area contributed by atoms with Gasteiger partial charge in [0.15, 0.2) is 0 Å². The minimum Gasteiger partial charge on any atom is -0.309 e. The molecule has 0 N–H and O–H groups in total. The van der Waals surface area contributed by atoms with E-state index >= 15 is 0 Å². The number of amides is 1. The van der Waals surface area contributed by atoms with E-state index in [4.69, 9.17) is 0 Å². The number of hydrogen-bond acceptors (Lipinski definition) is 3. The van der Waals surface area contributed by atoms with Gasteiger partial charge in [0.1, 0.15) is 0 Å². The zero-order chi connectivity index (χ0) is 16.8. The highest BCUT2D eigenvalue weighted by atomic mass is 32.2. The molecule has 2 atom stereocenters. The Balaban J connectivity index is 1.97. The predicted octanol–water partition coefficient (Wildman–Crippen LogP) is 2.55. The molecule has 1 fully saturated rings. The highest BCUT2D eigenvalue weighted by Crippen LogP contribution is 2.35. The predicted molar refractivity (Wildman–Crippen MR) is 90.0 cm³/mol. The third kappa shape index (κ3) is 2.78. The van der Waals surface area contributed by atoms with Crippen LogP contribution >= 0.6 is 0 Å². The Morgan fingerprint density at radius 2 is 1.91 bits per heavy atom. The van der Waals surface area contributed by atoms with E-state index in [9.17, 15) is 13.2 Å². The Kier molecular flexibility index (Phi) is 4.23. The molecule has 1 aromatic carbocycles. The van der Waals surface area contributed by atoms with Gasteiger partial charge in [0.05, 0.1) is 4.90 Å². The van der Waals surface area contributed by atoms with Crippen LogP contribution in [0.4, 0.5) is 5.69 Å². The fourth-order valence-electron chi connectivity index (χ4n) is 3.81. The highest BCUT2D eigenvalue weighted by molar-refractivity contribution is 7.89. The quantitative estimate of drug-likeness (QED) is 0.834. The minimum atomic E-state index is -3.46. The Morgan fingerprint density at radius 1 is 1.17 bits per heavy atom. The lowest BCUT2D eigenvalue weighted by atomic mass is 10.1. The van der Waals surface area contributed by atoms with Gasteiger partial charge in [0, 0.05) is 31.2 Å². The second-order valence-corrected chi connectivity index (χ2v) is 8.58. The highest BCUT2D eigenvalue weighted by Gasteiger charge is 2.34. The summed E-state index contributed by atoms with van der Waals surface area (Å²) in [7, 11) is -3.46. The number of anilines is 1. The van der Waals surface area contributed by atoms with Crippen molar-refractivity contribution in [1.82, 2.24) is 4.31 Å². The first-order valence-electron chi connectivity index (χ1n) is 8.27. The number of rotatable bonds is 2. The lowest BCUT2D eigenvalue weighted by molar-refractivity contribution is -0.116. The van der Waals surface area contributed by atoms with Gasteiger partial charge < -0.3 is 4.90 Å². The maximum absolute atomic E-state index is 12.9. The van der Waals surface area contributed by atoms with Crippen LogP contribution in [-0.2, 0) is 21.2 Å². The van der Waals surface area contributed by atoms with E-state index in [2.05, 4.69) is 0 Å². The lowest BCUT2D eigenvalue weighted by Crippen LogP contribution is -2.41. The summed E-state index contributed by atoms with van der Waals surface area (Å²) in [4.78, 5) is 13.9. The van der Waals surface area contributed by atoms with Crippen molar-refractivity contribution in [2.24, 2.45) is 0 Å². The molecule has 1 amide bonds. The summed E-state index contributed by atoms with van der Waals surface area (Å²) in [6.45, 7) is 6.11. The zero-order valence-electron chi connectivity index (χ0n) is 13.9. The number of nitrogens with zero attached hydrogens (tertiary/aromatic N) is 2. The van der Waals surface area contributed by atoms with Crippen molar-refractivity contribution < 1.29 is 13.2 Å². The van der Waals surface area contributed by atoms with Crippen molar-refractivity contribution in [3.8, 4) is 0 Å². The van der Waals surface area contributed by atoms with E-state index in [1.165, 1.54) is 0 Å². The molecule has 2 heterocycles. The van der Waals surface area contributed by atoms with E-state index in [0.717, 1.165) is 30.5 Å². The van der Waals surface area contributed by atoms with Crippen molar-refractivity contribution in [3.63, 3.8) is 0 Å². The maximum Gasteiger partial charge on any atom is 0.243 e. The summed E-state index contributed by atoms with van der Waals surface area (Å²) >= 11 is 0. The molecule has 126 valence electrons. The second kappa shape index (κ2) is 5.91. The molecule has 2 aliphatic heterocycles. The molecule has 1 saturated heterocycles. The molecule has 0 bridgehead atoms. The number of sulfonamides is 1. The van der Waals surface area contributed by atoms with Gasteiger partial charge in [0.25, 0.3) is 0 Å². The Labute approximate surface area is 138 Å². The van der Waals surface area contributed by atoms with Gasteiger partial charge in [-0.15, -0.1) is 0 Å². The van der Waals surface area contributed by atoms with Crippen LogP contribution in [0.2, 0.25) is 0 Å². The third-order valence-electron chi connectivity index (χ3n) is 4.95. The number of fused-ring (bicyclic) bond motifs is 1. The smallest absolute Gasteiger partial charge is 0.243 e. The summed E-state index contributed by atoms with van der Waals surface area (Å²) in [6, 6.07) is 5.31. The first-order chi connectivity index (χ1) is 10.8. The van der Waals surface area contributed by atoms with Gasteiger partial charge in [0.2, 0.25) is 15.9 Å². The topological polar surface area (TPSA) is 57.7 Å². The average Bonchev–Trinajstić information content (AvgIpc) is 2.82. The molecule has 6 heteroatoms. The number of benzene rings is 1. The minimum absolute atomic E-state index is 0.00323. The molecule has 0 spiro atoms. The summed E-state index contributed by atoms with van der Waals surface area (Å²) in [5.41, 5.74) is 1.79. The molecular weight excluding hydrogens is 312 g/mol. The van der Waals surface area contributed by atoms with Gasteiger partial charge in [-0.2, -0.15) is 4.31 Å². The standard InChI is InChI=1S/C17H24N2O3S/c1-12-6-4-5-9-18(12)23(21,22)16-7-8-17-15(11-16)10-13(2)19(17)14(3)20/h7-8,11-13H,4-6,9-10H2,1-3H3/t12-,13-/m1/s1. The van der Waals surface area contributed by atoms with Crippen molar-refractivity contribution in [1.29, 1.82) is 0 Å². The number of hydrogen-bond donors (Lipinski definition) is 0. The fraction of sp³-hybridized carbons (Fsp3) is 0.588. The van der Waals surface area contributed by atoms with Crippen LogP contribution in [0.5, 0.6) is 0 Å². The average molecular weight is 336 g/mol. The van der Waals surface area contributed by atoms with E-state index in [-0.39, 0.29) is 18.0 Å². The third-order valence-corrected chi connectivity index (χ3v) is 6.96. The Morgan fingerprint density at radius 3 is 2.57 bits per heavy atom. The molecule has 0 radical (unpaired) electrons. The van der Waals surface area contributed by atoms with Crippen molar-refractivity contribution in [2.45, 2.75) is 63.4 Å². The van der Waals surface area contributed by atoms with Crippen LogP contribution in [0.15, 0.2) is 23.1 Å².